The van der Waals surface area contributed by atoms with Gasteiger partial charge in [-0.15, -0.1) is 0 Å². The zero-order valence-corrected chi connectivity index (χ0v) is 19.6. The Morgan fingerprint density at radius 2 is 2.00 bits per heavy atom. The van der Waals surface area contributed by atoms with E-state index in [2.05, 4.69) is 45.9 Å². The zero-order chi connectivity index (χ0) is 22.8. The molecular formula is C26H22ClN5S. The number of anilines is 2. The van der Waals surface area contributed by atoms with Gasteiger partial charge in [0.1, 0.15) is 5.82 Å². The normalized spacial score (nSPS) is 11.0. The number of rotatable bonds is 7. The first-order valence-electron chi connectivity index (χ1n) is 10.5. The van der Waals surface area contributed by atoms with Crippen molar-refractivity contribution in [2.24, 2.45) is 0 Å². The maximum atomic E-state index is 6.45. The Morgan fingerprint density at radius 3 is 2.82 bits per heavy atom. The van der Waals surface area contributed by atoms with Crippen LogP contribution in [0.2, 0.25) is 5.02 Å². The van der Waals surface area contributed by atoms with Crippen LogP contribution in [0.5, 0.6) is 0 Å². The predicted molar refractivity (Wildman–Crippen MR) is 139 cm³/mol. The Kier molecular flexibility index (Phi) is 5.86. The Labute approximate surface area is 201 Å². The van der Waals surface area contributed by atoms with Crippen molar-refractivity contribution >= 4 is 45.8 Å². The third-order valence-electron chi connectivity index (χ3n) is 5.36. The van der Waals surface area contributed by atoms with Gasteiger partial charge in [-0.25, -0.2) is 4.98 Å². The summed E-state index contributed by atoms with van der Waals surface area (Å²) < 4.78 is 1.83. The molecule has 0 bridgehead atoms. The zero-order valence-electron chi connectivity index (χ0n) is 18.0. The molecule has 0 spiro atoms. The van der Waals surface area contributed by atoms with Crippen LogP contribution in [-0.4, -0.2) is 14.6 Å². The van der Waals surface area contributed by atoms with E-state index in [4.69, 9.17) is 16.6 Å². The van der Waals surface area contributed by atoms with Crippen LogP contribution in [0.4, 0.5) is 11.5 Å². The fourth-order valence-electron chi connectivity index (χ4n) is 3.64. The second-order valence-electron chi connectivity index (χ2n) is 7.74. The van der Waals surface area contributed by atoms with Crippen molar-refractivity contribution in [3.8, 4) is 11.3 Å². The molecule has 3 heterocycles. The fraction of sp³-hybridized carbons (Fsp3) is 0.0769. The number of aromatic nitrogens is 3. The molecule has 0 aliphatic heterocycles. The molecule has 7 heteroatoms. The number of aryl methyl sites for hydroxylation is 1. The molecule has 164 valence electrons. The Balaban J connectivity index is 1.41. The van der Waals surface area contributed by atoms with E-state index in [0.29, 0.717) is 11.6 Å². The van der Waals surface area contributed by atoms with Gasteiger partial charge in [0, 0.05) is 45.7 Å². The SMILES string of the molecule is C=C(Nc1cccc(CNc2cc(-c3ccccc3Cl)nc3c(C)cnn23)c1)c1ccsc1. The molecule has 0 aliphatic carbocycles. The lowest BCUT2D eigenvalue weighted by atomic mass is 10.1. The molecule has 0 unspecified atom stereocenters. The first kappa shape index (κ1) is 21.2. The Morgan fingerprint density at radius 1 is 1.12 bits per heavy atom. The van der Waals surface area contributed by atoms with Crippen LogP contribution in [0.3, 0.4) is 0 Å². The molecule has 0 aliphatic rings. The average Bonchev–Trinajstić information content (AvgIpc) is 3.49. The fourth-order valence-corrected chi connectivity index (χ4v) is 4.54. The van der Waals surface area contributed by atoms with Gasteiger partial charge in [-0.2, -0.15) is 21.0 Å². The van der Waals surface area contributed by atoms with Crippen LogP contribution in [0.1, 0.15) is 16.7 Å². The summed E-state index contributed by atoms with van der Waals surface area (Å²) in [6.07, 6.45) is 1.82. The van der Waals surface area contributed by atoms with Crippen LogP contribution in [-0.2, 0) is 6.54 Å². The lowest BCUT2D eigenvalue weighted by Crippen LogP contribution is -2.07. The van der Waals surface area contributed by atoms with E-state index in [1.807, 2.05) is 65.5 Å². The number of halogens is 1. The highest BCUT2D eigenvalue weighted by atomic mass is 35.5. The van der Waals surface area contributed by atoms with Crippen molar-refractivity contribution in [1.29, 1.82) is 0 Å². The number of fused-ring (bicyclic) bond motifs is 1. The third kappa shape index (κ3) is 4.49. The molecule has 0 saturated heterocycles. The minimum Gasteiger partial charge on any atom is -0.366 e. The van der Waals surface area contributed by atoms with Crippen molar-refractivity contribution in [2.45, 2.75) is 13.5 Å². The molecule has 3 aromatic heterocycles. The number of nitrogens with zero attached hydrogens (tertiary/aromatic N) is 3. The van der Waals surface area contributed by atoms with E-state index in [1.165, 1.54) is 0 Å². The average molecular weight is 472 g/mol. The van der Waals surface area contributed by atoms with E-state index < -0.39 is 0 Å². The van der Waals surface area contributed by atoms with Gasteiger partial charge >= 0.3 is 0 Å². The van der Waals surface area contributed by atoms with Gasteiger partial charge < -0.3 is 10.6 Å². The molecule has 33 heavy (non-hydrogen) atoms. The van der Waals surface area contributed by atoms with Crippen molar-refractivity contribution in [3.05, 3.63) is 106 Å². The summed E-state index contributed by atoms with van der Waals surface area (Å²) in [5, 5.41) is 16.2. The topological polar surface area (TPSA) is 54.2 Å². The molecule has 0 atom stereocenters. The molecule has 2 aromatic carbocycles. The highest BCUT2D eigenvalue weighted by molar-refractivity contribution is 7.08. The lowest BCUT2D eigenvalue weighted by molar-refractivity contribution is 0.927. The summed E-state index contributed by atoms with van der Waals surface area (Å²) in [5.41, 5.74) is 7.62. The van der Waals surface area contributed by atoms with Gasteiger partial charge in [0.2, 0.25) is 0 Å². The van der Waals surface area contributed by atoms with Crippen LogP contribution in [0.25, 0.3) is 22.6 Å². The van der Waals surface area contributed by atoms with Gasteiger partial charge in [-0.1, -0.05) is 48.5 Å². The molecular weight excluding hydrogens is 450 g/mol. The van der Waals surface area contributed by atoms with Crippen LogP contribution < -0.4 is 10.6 Å². The van der Waals surface area contributed by atoms with Crippen molar-refractivity contribution in [2.75, 3.05) is 10.6 Å². The molecule has 0 saturated carbocycles. The second-order valence-corrected chi connectivity index (χ2v) is 8.93. The summed E-state index contributed by atoms with van der Waals surface area (Å²) in [6, 6.07) is 20.1. The largest absolute Gasteiger partial charge is 0.366 e. The first-order chi connectivity index (χ1) is 16.1. The number of benzene rings is 2. The summed E-state index contributed by atoms with van der Waals surface area (Å²) in [5.74, 6) is 0.851. The highest BCUT2D eigenvalue weighted by Crippen LogP contribution is 2.29. The van der Waals surface area contributed by atoms with E-state index in [0.717, 1.165) is 50.8 Å². The van der Waals surface area contributed by atoms with Gasteiger partial charge in [-0.05, 0) is 47.5 Å². The number of hydrogen-bond acceptors (Lipinski definition) is 5. The van der Waals surface area contributed by atoms with Crippen LogP contribution in [0, 0.1) is 6.92 Å². The smallest absolute Gasteiger partial charge is 0.160 e. The maximum absolute atomic E-state index is 6.45. The predicted octanol–water partition coefficient (Wildman–Crippen LogP) is 7.11. The van der Waals surface area contributed by atoms with Gasteiger partial charge in [0.05, 0.1) is 11.9 Å². The van der Waals surface area contributed by atoms with Crippen molar-refractivity contribution < 1.29 is 0 Å². The van der Waals surface area contributed by atoms with Gasteiger partial charge in [0.15, 0.2) is 5.65 Å². The molecule has 0 fully saturated rings. The first-order valence-corrected chi connectivity index (χ1v) is 11.8. The molecule has 5 rings (SSSR count). The van der Waals surface area contributed by atoms with E-state index in [-0.39, 0.29) is 0 Å². The monoisotopic (exact) mass is 471 g/mol. The summed E-state index contributed by atoms with van der Waals surface area (Å²) in [7, 11) is 0. The summed E-state index contributed by atoms with van der Waals surface area (Å²) in [4.78, 5) is 4.81. The Hall–Kier alpha value is -3.61. The minimum atomic E-state index is 0.625. The number of nitrogens with one attached hydrogen (secondary N) is 2. The summed E-state index contributed by atoms with van der Waals surface area (Å²) >= 11 is 8.11. The maximum Gasteiger partial charge on any atom is 0.160 e. The Bertz CT molecular complexity index is 1440. The highest BCUT2D eigenvalue weighted by Gasteiger charge is 2.12. The standard InChI is InChI=1S/C26H22ClN5S/c1-17-14-29-32-25(13-24(31-26(17)32)22-8-3-4-9-23(22)27)28-15-19-6-5-7-21(12-19)30-18(2)20-10-11-33-16-20/h3-14,16,28,30H,2,15H2,1H3. The van der Waals surface area contributed by atoms with Crippen LogP contribution in [0.15, 0.2) is 84.2 Å². The molecule has 5 aromatic rings. The van der Waals surface area contributed by atoms with E-state index in [1.54, 1.807) is 11.3 Å². The molecule has 0 radical (unpaired) electrons. The lowest BCUT2D eigenvalue weighted by Gasteiger charge is -2.13. The number of hydrogen-bond donors (Lipinski definition) is 2. The minimum absolute atomic E-state index is 0.625. The van der Waals surface area contributed by atoms with E-state index in [9.17, 15) is 0 Å². The third-order valence-corrected chi connectivity index (χ3v) is 6.38. The van der Waals surface area contributed by atoms with Gasteiger partial charge in [-0.3, -0.25) is 0 Å². The van der Waals surface area contributed by atoms with Crippen LogP contribution >= 0.6 is 22.9 Å². The number of thiophene rings is 1. The molecule has 5 nitrogen and oxygen atoms in total. The van der Waals surface area contributed by atoms with E-state index >= 15 is 0 Å². The molecule has 2 N–H and O–H groups in total. The van der Waals surface area contributed by atoms with Gasteiger partial charge in [0.25, 0.3) is 0 Å². The van der Waals surface area contributed by atoms with Crippen molar-refractivity contribution in [1.82, 2.24) is 14.6 Å². The quantitative estimate of drug-likeness (QED) is 0.265. The second kappa shape index (κ2) is 9.10. The van der Waals surface area contributed by atoms with Crippen molar-refractivity contribution in [3.63, 3.8) is 0 Å². The summed E-state index contributed by atoms with van der Waals surface area (Å²) in [6.45, 7) is 6.78. The molecule has 0 amide bonds.